The highest BCUT2D eigenvalue weighted by molar-refractivity contribution is 5.77. The molecule has 1 aliphatic heterocycles. The average Bonchev–Trinajstić information content (AvgIpc) is 3.35. The fraction of sp³-hybridized carbons (Fsp3) is 0.611. The first-order valence-electron chi connectivity index (χ1n) is 8.44. The number of phenolic OH excluding ortho intramolecular Hbond substituents is 1. The van der Waals surface area contributed by atoms with Crippen LogP contribution in [0.2, 0.25) is 0 Å². The van der Waals surface area contributed by atoms with Crippen LogP contribution >= 0.6 is 0 Å². The van der Waals surface area contributed by atoms with Gasteiger partial charge in [0.1, 0.15) is 5.75 Å². The molecule has 1 aromatic rings. The van der Waals surface area contributed by atoms with E-state index < -0.39 is 5.60 Å². The standard InChI is InChI=1S/C18H26N2O3/c1-18(23,15-4-5-15)12-17(22)20-10-8-19(9-11-20)13-14-2-6-16(21)7-3-14/h2-3,6-7,15,21,23H,4-5,8-13H2,1H3. The number of benzene rings is 1. The molecule has 1 heterocycles. The summed E-state index contributed by atoms with van der Waals surface area (Å²) in [5.74, 6) is 0.667. The SMILES string of the molecule is CC(O)(CC(=O)N1CCN(Cc2ccc(O)cc2)CC1)C1CC1. The Kier molecular flexibility index (Phi) is 4.60. The van der Waals surface area contributed by atoms with Gasteiger partial charge in [-0.05, 0) is 43.4 Å². The van der Waals surface area contributed by atoms with Crippen LogP contribution in [0.5, 0.6) is 5.75 Å². The number of piperazine rings is 1. The third-order valence-corrected chi connectivity index (χ3v) is 5.03. The molecular weight excluding hydrogens is 292 g/mol. The molecule has 0 spiro atoms. The van der Waals surface area contributed by atoms with Crippen LogP contribution in [0.25, 0.3) is 0 Å². The van der Waals surface area contributed by atoms with E-state index in [9.17, 15) is 15.0 Å². The van der Waals surface area contributed by atoms with E-state index in [-0.39, 0.29) is 18.1 Å². The van der Waals surface area contributed by atoms with Gasteiger partial charge in [0.15, 0.2) is 0 Å². The predicted octanol–water partition coefficient (Wildman–Crippen LogP) is 1.59. The Morgan fingerprint density at radius 1 is 1.17 bits per heavy atom. The van der Waals surface area contributed by atoms with Gasteiger partial charge in [-0.3, -0.25) is 9.69 Å². The largest absolute Gasteiger partial charge is 0.508 e. The van der Waals surface area contributed by atoms with Gasteiger partial charge in [0.05, 0.1) is 12.0 Å². The lowest BCUT2D eigenvalue weighted by atomic mass is 9.95. The van der Waals surface area contributed by atoms with Crippen molar-refractivity contribution in [3.63, 3.8) is 0 Å². The van der Waals surface area contributed by atoms with Crippen LogP contribution in [-0.4, -0.2) is 57.7 Å². The lowest BCUT2D eigenvalue weighted by Crippen LogP contribution is -2.50. The summed E-state index contributed by atoms with van der Waals surface area (Å²) in [5.41, 5.74) is 0.333. The lowest BCUT2D eigenvalue weighted by Gasteiger charge is -2.36. The summed E-state index contributed by atoms with van der Waals surface area (Å²) in [7, 11) is 0. The van der Waals surface area contributed by atoms with Crippen molar-refractivity contribution in [2.45, 2.75) is 38.3 Å². The number of aromatic hydroxyl groups is 1. The van der Waals surface area contributed by atoms with Gasteiger partial charge in [-0.2, -0.15) is 0 Å². The molecule has 0 aromatic heterocycles. The molecule has 0 bridgehead atoms. The van der Waals surface area contributed by atoms with Gasteiger partial charge in [-0.25, -0.2) is 0 Å². The normalized spacial score (nSPS) is 21.9. The molecule has 1 amide bonds. The van der Waals surface area contributed by atoms with E-state index in [2.05, 4.69) is 4.90 Å². The van der Waals surface area contributed by atoms with Crippen molar-refractivity contribution in [3.8, 4) is 5.75 Å². The van der Waals surface area contributed by atoms with Gasteiger partial charge >= 0.3 is 0 Å². The first kappa shape index (κ1) is 16.3. The van der Waals surface area contributed by atoms with Crippen molar-refractivity contribution < 1.29 is 15.0 Å². The Labute approximate surface area is 137 Å². The molecule has 2 aliphatic rings. The van der Waals surface area contributed by atoms with Crippen molar-refractivity contribution in [1.29, 1.82) is 0 Å². The zero-order valence-corrected chi connectivity index (χ0v) is 13.7. The Morgan fingerprint density at radius 2 is 1.78 bits per heavy atom. The molecule has 2 fully saturated rings. The molecule has 1 aromatic carbocycles. The van der Waals surface area contributed by atoms with Gasteiger partial charge in [0.2, 0.25) is 5.91 Å². The highest BCUT2D eigenvalue weighted by Crippen LogP contribution is 2.41. The van der Waals surface area contributed by atoms with Crippen molar-refractivity contribution in [2.75, 3.05) is 26.2 Å². The van der Waals surface area contributed by atoms with Gasteiger partial charge in [-0.1, -0.05) is 12.1 Å². The minimum absolute atomic E-state index is 0.0752. The first-order chi connectivity index (χ1) is 10.9. The third-order valence-electron chi connectivity index (χ3n) is 5.03. The summed E-state index contributed by atoms with van der Waals surface area (Å²) in [6.07, 6.45) is 2.33. The van der Waals surface area contributed by atoms with Crippen molar-refractivity contribution in [2.24, 2.45) is 5.92 Å². The summed E-state index contributed by atoms with van der Waals surface area (Å²) in [6, 6.07) is 7.27. The van der Waals surface area contributed by atoms with Gasteiger partial charge in [-0.15, -0.1) is 0 Å². The molecule has 1 saturated carbocycles. The number of phenols is 1. The predicted molar refractivity (Wildman–Crippen MR) is 87.9 cm³/mol. The minimum Gasteiger partial charge on any atom is -0.508 e. The second-order valence-corrected chi connectivity index (χ2v) is 7.13. The second kappa shape index (κ2) is 6.49. The minimum atomic E-state index is -0.833. The monoisotopic (exact) mass is 318 g/mol. The molecule has 1 saturated heterocycles. The molecule has 1 aliphatic carbocycles. The zero-order chi connectivity index (χ0) is 16.4. The summed E-state index contributed by atoms with van der Waals surface area (Å²) in [5, 5.41) is 19.7. The summed E-state index contributed by atoms with van der Waals surface area (Å²) in [4.78, 5) is 16.6. The fourth-order valence-electron chi connectivity index (χ4n) is 3.28. The number of amides is 1. The number of carbonyl (C=O) groups excluding carboxylic acids is 1. The smallest absolute Gasteiger partial charge is 0.225 e. The van der Waals surface area contributed by atoms with Gasteiger partial charge in [0, 0.05) is 32.7 Å². The molecule has 1 unspecified atom stereocenters. The quantitative estimate of drug-likeness (QED) is 0.865. The number of hydrogen-bond donors (Lipinski definition) is 2. The Hall–Kier alpha value is -1.59. The number of aliphatic hydroxyl groups is 1. The molecule has 0 radical (unpaired) electrons. The van der Waals surface area contributed by atoms with E-state index in [1.807, 2.05) is 17.0 Å². The van der Waals surface area contributed by atoms with E-state index in [0.29, 0.717) is 5.92 Å². The maximum atomic E-state index is 12.4. The number of rotatable bonds is 5. The highest BCUT2D eigenvalue weighted by Gasteiger charge is 2.42. The molecule has 3 rings (SSSR count). The average molecular weight is 318 g/mol. The Balaban J connectivity index is 1.46. The van der Waals surface area contributed by atoms with Crippen LogP contribution in [0.15, 0.2) is 24.3 Å². The van der Waals surface area contributed by atoms with E-state index >= 15 is 0 Å². The zero-order valence-electron chi connectivity index (χ0n) is 13.7. The Morgan fingerprint density at radius 3 is 2.35 bits per heavy atom. The van der Waals surface area contributed by atoms with Crippen molar-refractivity contribution in [3.05, 3.63) is 29.8 Å². The van der Waals surface area contributed by atoms with E-state index in [1.165, 1.54) is 5.56 Å². The van der Waals surface area contributed by atoms with Crippen molar-refractivity contribution >= 4 is 5.91 Å². The highest BCUT2D eigenvalue weighted by atomic mass is 16.3. The summed E-state index contributed by atoms with van der Waals surface area (Å²) < 4.78 is 0. The van der Waals surface area contributed by atoms with Crippen molar-refractivity contribution in [1.82, 2.24) is 9.80 Å². The van der Waals surface area contributed by atoms with Crippen LogP contribution in [0.3, 0.4) is 0 Å². The molecule has 23 heavy (non-hydrogen) atoms. The number of carbonyl (C=O) groups is 1. The maximum absolute atomic E-state index is 12.4. The summed E-state index contributed by atoms with van der Waals surface area (Å²) in [6.45, 7) is 5.76. The lowest BCUT2D eigenvalue weighted by molar-refractivity contribution is -0.138. The third kappa shape index (κ3) is 4.24. The van der Waals surface area contributed by atoms with Gasteiger partial charge in [0.25, 0.3) is 0 Å². The first-order valence-corrected chi connectivity index (χ1v) is 8.44. The molecular formula is C18H26N2O3. The number of hydrogen-bond acceptors (Lipinski definition) is 4. The summed E-state index contributed by atoms with van der Waals surface area (Å²) >= 11 is 0. The molecule has 5 heteroatoms. The Bertz CT molecular complexity index is 544. The topological polar surface area (TPSA) is 64.0 Å². The van der Waals surface area contributed by atoms with Crippen LogP contribution in [0.1, 0.15) is 31.7 Å². The van der Waals surface area contributed by atoms with Crippen LogP contribution in [0, 0.1) is 5.92 Å². The van der Waals surface area contributed by atoms with Crippen LogP contribution in [-0.2, 0) is 11.3 Å². The van der Waals surface area contributed by atoms with E-state index in [4.69, 9.17) is 0 Å². The molecule has 2 N–H and O–H groups in total. The molecule has 1 atom stereocenters. The van der Waals surface area contributed by atoms with E-state index in [1.54, 1.807) is 19.1 Å². The van der Waals surface area contributed by atoms with Crippen LogP contribution in [0.4, 0.5) is 0 Å². The van der Waals surface area contributed by atoms with E-state index in [0.717, 1.165) is 45.6 Å². The fourth-order valence-corrected chi connectivity index (χ4v) is 3.28. The maximum Gasteiger partial charge on any atom is 0.225 e. The van der Waals surface area contributed by atoms with Crippen LogP contribution < -0.4 is 0 Å². The molecule has 5 nitrogen and oxygen atoms in total. The second-order valence-electron chi connectivity index (χ2n) is 7.13. The van der Waals surface area contributed by atoms with Gasteiger partial charge < -0.3 is 15.1 Å². The molecule has 126 valence electrons. The number of nitrogens with zero attached hydrogens (tertiary/aromatic N) is 2.